The molecule has 8 heteroatoms. The maximum Gasteiger partial charge on any atom is 0.272 e. The van der Waals surface area contributed by atoms with Gasteiger partial charge < -0.3 is 9.30 Å². The second-order valence-electron chi connectivity index (χ2n) is 8.42. The average Bonchev–Trinajstić information content (AvgIpc) is 3.41. The van der Waals surface area contributed by atoms with Crippen molar-refractivity contribution in [2.45, 2.75) is 32.4 Å². The third-order valence-electron chi connectivity index (χ3n) is 6.17. The minimum absolute atomic E-state index is 0.0697. The quantitative estimate of drug-likeness (QED) is 0.263. The molecule has 0 radical (unpaired) electrons. The Morgan fingerprint density at radius 1 is 1.12 bits per heavy atom. The van der Waals surface area contributed by atoms with Crippen molar-refractivity contribution in [1.82, 2.24) is 14.5 Å². The van der Waals surface area contributed by atoms with Crippen molar-refractivity contribution in [1.29, 1.82) is 0 Å². The van der Waals surface area contributed by atoms with E-state index in [1.165, 1.54) is 12.1 Å². The van der Waals surface area contributed by atoms with Crippen molar-refractivity contribution in [3.8, 4) is 22.5 Å². The van der Waals surface area contributed by atoms with Crippen molar-refractivity contribution in [3.63, 3.8) is 0 Å². The molecule has 1 atom stereocenters. The summed E-state index contributed by atoms with van der Waals surface area (Å²) in [4.78, 5) is 19.9. The number of nitro groups is 1. The first-order valence-electron chi connectivity index (χ1n) is 11.1. The average molecular weight is 458 g/mol. The van der Waals surface area contributed by atoms with E-state index in [4.69, 9.17) is 9.72 Å². The molecule has 0 aliphatic carbocycles. The van der Waals surface area contributed by atoms with Gasteiger partial charge in [0.1, 0.15) is 11.6 Å². The fraction of sp³-hybridized carbons (Fsp3) is 0.231. The first kappa shape index (κ1) is 21.9. The summed E-state index contributed by atoms with van der Waals surface area (Å²) in [5.41, 5.74) is 5.09. The van der Waals surface area contributed by atoms with E-state index in [-0.39, 0.29) is 29.1 Å². The number of pyridine rings is 1. The lowest BCUT2D eigenvalue weighted by Crippen LogP contribution is -2.13. The van der Waals surface area contributed by atoms with Crippen LogP contribution in [0.3, 0.4) is 0 Å². The highest BCUT2D eigenvalue weighted by atomic mass is 19.1. The normalized spacial score (nSPS) is 14.8. The number of imidazole rings is 1. The summed E-state index contributed by atoms with van der Waals surface area (Å²) in [6, 6.07) is 15.5. The number of nitro benzene ring substituents is 1. The van der Waals surface area contributed by atoms with Gasteiger partial charge in [-0.05, 0) is 55.3 Å². The number of aryl methyl sites for hydroxylation is 2. The van der Waals surface area contributed by atoms with Gasteiger partial charge in [-0.2, -0.15) is 0 Å². The lowest BCUT2D eigenvalue weighted by atomic mass is 10.0. The van der Waals surface area contributed by atoms with Crippen molar-refractivity contribution < 1.29 is 14.1 Å². The second-order valence-corrected chi connectivity index (χ2v) is 8.42. The molecule has 34 heavy (non-hydrogen) atoms. The van der Waals surface area contributed by atoms with Gasteiger partial charge in [-0.3, -0.25) is 15.1 Å². The van der Waals surface area contributed by atoms with E-state index in [0.717, 1.165) is 46.7 Å². The van der Waals surface area contributed by atoms with Gasteiger partial charge in [-0.15, -0.1) is 0 Å². The molecule has 0 fully saturated rings. The number of ether oxygens (including phenoxy) is 1. The highest BCUT2D eigenvalue weighted by Crippen LogP contribution is 2.39. The summed E-state index contributed by atoms with van der Waals surface area (Å²) in [7, 11) is 0. The molecule has 0 bridgehead atoms. The molecule has 4 aromatic rings. The summed E-state index contributed by atoms with van der Waals surface area (Å²) in [6.45, 7) is 2.46. The minimum atomic E-state index is -0.370. The Morgan fingerprint density at radius 3 is 2.62 bits per heavy atom. The molecule has 0 saturated heterocycles. The van der Waals surface area contributed by atoms with Crippen molar-refractivity contribution >= 4 is 5.69 Å². The third-order valence-corrected chi connectivity index (χ3v) is 6.17. The molecule has 7 nitrogen and oxygen atoms in total. The van der Waals surface area contributed by atoms with Gasteiger partial charge in [0.25, 0.3) is 5.69 Å². The van der Waals surface area contributed by atoms with E-state index in [9.17, 15) is 14.5 Å². The number of rotatable bonds is 7. The van der Waals surface area contributed by atoms with Crippen LogP contribution in [0.4, 0.5) is 10.1 Å². The summed E-state index contributed by atoms with van der Waals surface area (Å²) >= 11 is 0. The number of benzene rings is 2. The third kappa shape index (κ3) is 4.20. The first-order chi connectivity index (χ1) is 16.5. The molecular formula is C26H23FN4O3. The molecule has 0 spiro atoms. The van der Waals surface area contributed by atoms with E-state index >= 15 is 0 Å². The molecule has 1 aliphatic rings. The minimum Gasteiger partial charge on any atom is -0.375 e. The summed E-state index contributed by atoms with van der Waals surface area (Å²) < 4.78 is 21.8. The van der Waals surface area contributed by atoms with Crippen LogP contribution in [0.2, 0.25) is 0 Å². The molecule has 2 aromatic heterocycles. The molecular weight excluding hydrogens is 435 g/mol. The summed E-state index contributed by atoms with van der Waals surface area (Å²) in [5, 5.41) is 11.2. The Morgan fingerprint density at radius 2 is 1.88 bits per heavy atom. The largest absolute Gasteiger partial charge is 0.375 e. The van der Waals surface area contributed by atoms with Crippen LogP contribution in [0.25, 0.3) is 22.5 Å². The molecule has 0 N–H and O–H groups in total. The van der Waals surface area contributed by atoms with Crippen LogP contribution in [-0.2, 0) is 17.8 Å². The van der Waals surface area contributed by atoms with Crippen LogP contribution in [0, 0.1) is 22.9 Å². The van der Waals surface area contributed by atoms with Crippen LogP contribution >= 0.6 is 0 Å². The predicted octanol–water partition coefficient (Wildman–Crippen LogP) is 5.67. The fourth-order valence-corrected chi connectivity index (χ4v) is 4.48. The van der Waals surface area contributed by atoms with E-state index in [1.54, 1.807) is 43.6 Å². The highest BCUT2D eigenvalue weighted by Gasteiger charge is 2.30. The van der Waals surface area contributed by atoms with Gasteiger partial charge in [-0.1, -0.05) is 12.1 Å². The van der Waals surface area contributed by atoms with Crippen molar-refractivity contribution in [2.24, 2.45) is 0 Å². The number of hydrogen-bond donors (Lipinski definition) is 0. The summed E-state index contributed by atoms with van der Waals surface area (Å²) in [5.74, 6) is 0.675. The van der Waals surface area contributed by atoms with E-state index < -0.39 is 0 Å². The Kier molecular flexibility index (Phi) is 5.90. The monoisotopic (exact) mass is 458 g/mol. The fourth-order valence-electron chi connectivity index (χ4n) is 4.48. The number of fused-ring (bicyclic) bond motifs is 1. The summed E-state index contributed by atoms with van der Waals surface area (Å²) in [6.07, 6.45) is 5.18. The van der Waals surface area contributed by atoms with Crippen molar-refractivity contribution in [3.05, 3.63) is 99.9 Å². The Hall–Kier alpha value is -3.91. The van der Waals surface area contributed by atoms with Crippen LogP contribution in [-0.4, -0.2) is 26.1 Å². The topological polar surface area (TPSA) is 83.1 Å². The Labute approximate surface area is 196 Å². The molecule has 172 valence electrons. The molecule has 0 unspecified atom stereocenters. The molecule has 0 saturated carbocycles. The second kappa shape index (κ2) is 9.15. The number of hydrogen-bond acceptors (Lipinski definition) is 5. The van der Waals surface area contributed by atoms with E-state index in [2.05, 4.69) is 9.55 Å². The Bertz CT molecular complexity index is 1340. The maximum absolute atomic E-state index is 13.5. The number of aromatic nitrogens is 3. The van der Waals surface area contributed by atoms with Crippen LogP contribution in [0.5, 0.6) is 0 Å². The zero-order valence-corrected chi connectivity index (χ0v) is 18.6. The van der Waals surface area contributed by atoms with Crippen LogP contribution in [0.1, 0.15) is 29.4 Å². The molecule has 1 aliphatic heterocycles. The van der Waals surface area contributed by atoms with Crippen molar-refractivity contribution in [2.75, 3.05) is 6.61 Å². The highest BCUT2D eigenvalue weighted by molar-refractivity contribution is 5.79. The lowest BCUT2D eigenvalue weighted by Gasteiger charge is -2.18. The van der Waals surface area contributed by atoms with Gasteiger partial charge in [0.2, 0.25) is 0 Å². The van der Waals surface area contributed by atoms with Gasteiger partial charge in [-0.25, -0.2) is 9.37 Å². The molecule has 2 aromatic carbocycles. The maximum atomic E-state index is 13.5. The smallest absolute Gasteiger partial charge is 0.272 e. The standard InChI is InChI=1S/C26H23FN4O3/c1-17-2-3-18(14-23(17)31(32)33)15-34-16-22-8-9-24-29-25(19-4-6-21(27)7-5-19)26(30(22)24)20-10-12-28-13-11-20/h2-7,10-14,22H,8-9,15-16H2,1H3/t22-/m0/s1. The van der Waals surface area contributed by atoms with E-state index in [1.807, 2.05) is 18.2 Å². The number of halogens is 1. The van der Waals surface area contributed by atoms with E-state index in [0.29, 0.717) is 12.2 Å². The zero-order chi connectivity index (χ0) is 23.7. The van der Waals surface area contributed by atoms with Gasteiger partial charge in [0.15, 0.2) is 0 Å². The molecule has 5 rings (SSSR count). The molecule has 3 heterocycles. The van der Waals surface area contributed by atoms with Gasteiger partial charge in [0, 0.05) is 41.6 Å². The Balaban J connectivity index is 1.42. The van der Waals surface area contributed by atoms with Gasteiger partial charge in [0.05, 0.1) is 35.6 Å². The van der Waals surface area contributed by atoms with Crippen LogP contribution in [0.15, 0.2) is 67.0 Å². The number of nitrogens with zero attached hydrogens (tertiary/aromatic N) is 4. The van der Waals surface area contributed by atoms with Gasteiger partial charge >= 0.3 is 0 Å². The zero-order valence-electron chi connectivity index (χ0n) is 18.6. The molecule has 0 amide bonds. The first-order valence-corrected chi connectivity index (χ1v) is 11.1. The van der Waals surface area contributed by atoms with Crippen LogP contribution < -0.4 is 0 Å². The lowest BCUT2D eigenvalue weighted by molar-refractivity contribution is -0.385. The predicted molar refractivity (Wildman–Crippen MR) is 126 cm³/mol. The SMILES string of the molecule is Cc1ccc(COC[C@@H]2CCc3nc(-c4ccc(F)cc4)c(-c4ccncc4)n32)cc1[N+](=O)[O-].